The van der Waals surface area contributed by atoms with Crippen LogP contribution in [0.3, 0.4) is 0 Å². The average Bonchev–Trinajstić information content (AvgIpc) is 2.85. The lowest BCUT2D eigenvalue weighted by molar-refractivity contribution is -0.139. The molecule has 1 atom stereocenters. The maximum atomic E-state index is 12.6. The molecular formula is C19H28N2O3. The second-order valence-electron chi connectivity index (χ2n) is 7.05. The minimum atomic E-state index is -0.905. The number of aliphatic hydroxyl groups is 1. The molecule has 3 rings (SSSR count). The molecule has 2 aliphatic rings. The van der Waals surface area contributed by atoms with Crippen molar-refractivity contribution in [3.63, 3.8) is 0 Å². The van der Waals surface area contributed by atoms with Crippen molar-refractivity contribution in [3.05, 3.63) is 35.9 Å². The summed E-state index contributed by atoms with van der Waals surface area (Å²) in [5, 5.41) is 11.0. The fraction of sp³-hybridized carbons (Fsp3) is 0.632. The van der Waals surface area contributed by atoms with Gasteiger partial charge < -0.3 is 14.7 Å². The molecule has 0 aromatic heterocycles. The third-order valence-electron chi connectivity index (χ3n) is 4.94. The van der Waals surface area contributed by atoms with Crippen molar-refractivity contribution in [1.82, 2.24) is 9.80 Å². The molecule has 0 radical (unpaired) electrons. The number of hydrogen-bond donors (Lipinski definition) is 1. The highest BCUT2D eigenvalue weighted by molar-refractivity contribution is 5.77. The van der Waals surface area contributed by atoms with Crippen LogP contribution < -0.4 is 0 Å². The van der Waals surface area contributed by atoms with Gasteiger partial charge in [-0.2, -0.15) is 0 Å². The Morgan fingerprint density at radius 3 is 2.79 bits per heavy atom. The molecule has 1 amide bonds. The van der Waals surface area contributed by atoms with Crippen molar-refractivity contribution in [2.75, 3.05) is 39.4 Å². The molecule has 2 heterocycles. The summed E-state index contributed by atoms with van der Waals surface area (Å²) in [5.74, 6) is 0.0598. The van der Waals surface area contributed by atoms with Crippen LogP contribution in [0.15, 0.2) is 30.3 Å². The number of β-amino-alcohol motifs (C(OH)–C–C–N with tert-alkyl or cyclic N) is 1. The molecule has 0 aliphatic carbocycles. The SMILES string of the molecule is O=C(CC1(O)CCCN(Cc2ccccc2)C1)N1CCCOCC1. The molecule has 2 saturated heterocycles. The Hall–Kier alpha value is -1.43. The molecule has 1 aromatic rings. The number of hydrogen-bond acceptors (Lipinski definition) is 4. The second kappa shape index (κ2) is 8.10. The Bertz CT molecular complexity index is 529. The molecule has 5 nitrogen and oxygen atoms in total. The third kappa shape index (κ3) is 4.79. The normalized spacial score (nSPS) is 26.1. The molecule has 1 aromatic carbocycles. The lowest BCUT2D eigenvalue weighted by Crippen LogP contribution is -2.50. The third-order valence-corrected chi connectivity index (χ3v) is 4.94. The predicted molar refractivity (Wildman–Crippen MR) is 92.5 cm³/mol. The minimum absolute atomic E-state index is 0.0598. The van der Waals surface area contributed by atoms with Gasteiger partial charge in [0.1, 0.15) is 0 Å². The molecule has 132 valence electrons. The summed E-state index contributed by atoms with van der Waals surface area (Å²) in [5.41, 5.74) is 0.342. The van der Waals surface area contributed by atoms with Gasteiger partial charge in [-0.05, 0) is 31.4 Å². The van der Waals surface area contributed by atoms with Crippen LogP contribution in [0.1, 0.15) is 31.2 Å². The zero-order chi connectivity index (χ0) is 16.8. The van der Waals surface area contributed by atoms with Gasteiger partial charge in [0.05, 0.1) is 18.6 Å². The number of rotatable bonds is 4. The van der Waals surface area contributed by atoms with Gasteiger partial charge in [0.2, 0.25) is 5.91 Å². The number of likely N-dealkylation sites (tertiary alicyclic amines) is 1. The molecule has 0 saturated carbocycles. The highest BCUT2D eigenvalue weighted by atomic mass is 16.5. The van der Waals surface area contributed by atoms with Gasteiger partial charge in [-0.15, -0.1) is 0 Å². The highest BCUT2D eigenvalue weighted by Gasteiger charge is 2.36. The fourth-order valence-electron chi connectivity index (χ4n) is 3.72. The first kappa shape index (κ1) is 17.4. The first-order chi connectivity index (χ1) is 11.6. The highest BCUT2D eigenvalue weighted by Crippen LogP contribution is 2.26. The van der Waals surface area contributed by atoms with Gasteiger partial charge in [0, 0.05) is 32.8 Å². The van der Waals surface area contributed by atoms with Crippen molar-refractivity contribution in [2.45, 2.75) is 37.8 Å². The number of ether oxygens (including phenoxy) is 1. The zero-order valence-corrected chi connectivity index (χ0v) is 14.3. The van der Waals surface area contributed by atoms with Crippen molar-refractivity contribution in [1.29, 1.82) is 0 Å². The number of carbonyl (C=O) groups is 1. The number of carbonyl (C=O) groups excluding carboxylic acids is 1. The van der Waals surface area contributed by atoms with Gasteiger partial charge in [0.15, 0.2) is 0 Å². The van der Waals surface area contributed by atoms with E-state index < -0.39 is 5.60 Å². The Morgan fingerprint density at radius 2 is 1.96 bits per heavy atom. The summed E-state index contributed by atoms with van der Waals surface area (Å²) < 4.78 is 5.41. The first-order valence-electron chi connectivity index (χ1n) is 8.99. The zero-order valence-electron chi connectivity index (χ0n) is 14.3. The number of piperidine rings is 1. The van der Waals surface area contributed by atoms with Gasteiger partial charge in [0.25, 0.3) is 0 Å². The molecule has 0 spiro atoms. The summed E-state index contributed by atoms with van der Waals surface area (Å²) in [6.45, 7) is 5.07. The van der Waals surface area contributed by atoms with Crippen LogP contribution in [0.25, 0.3) is 0 Å². The topological polar surface area (TPSA) is 53.0 Å². The van der Waals surface area contributed by atoms with Crippen LogP contribution in [0.5, 0.6) is 0 Å². The monoisotopic (exact) mass is 332 g/mol. The quantitative estimate of drug-likeness (QED) is 0.911. The smallest absolute Gasteiger partial charge is 0.225 e. The van der Waals surface area contributed by atoms with Crippen LogP contribution in [0.4, 0.5) is 0 Å². The van der Waals surface area contributed by atoms with Crippen molar-refractivity contribution in [2.24, 2.45) is 0 Å². The molecule has 1 unspecified atom stereocenters. The summed E-state index contributed by atoms with van der Waals surface area (Å²) in [4.78, 5) is 16.7. The Balaban J connectivity index is 1.56. The van der Waals surface area contributed by atoms with E-state index >= 15 is 0 Å². The maximum Gasteiger partial charge on any atom is 0.225 e. The van der Waals surface area contributed by atoms with E-state index in [1.165, 1.54) is 5.56 Å². The fourth-order valence-corrected chi connectivity index (χ4v) is 3.72. The standard InChI is InChI=1S/C19H28N2O3/c22-18(21-10-5-12-24-13-11-21)14-19(23)8-4-9-20(16-19)15-17-6-2-1-3-7-17/h1-3,6-7,23H,4-5,8-16H2. The van der Waals surface area contributed by atoms with E-state index in [-0.39, 0.29) is 12.3 Å². The van der Waals surface area contributed by atoms with E-state index in [0.717, 1.165) is 39.1 Å². The molecule has 24 heavy (non-hydrogen) atoms. The Morgan fingerprint density at radius 1 is 1.12 bits per heavy atom. The van der Waals surface area contributed by atoms with Crippen LogP contribution in [0, 0.1) is 0 Å². The van der Waals surface area contributed by atoms with E-state index in [1.54, 1.807) is 0 Å². The summed E-state index contributed by atoms with van der Waals surface area (Å²) in [7, 11) is 0. The molecular weight excluding hydrogens is 304 g/mol. The molecule has 1 N–H and O–H groups in total. The second-order valence-corrected chi connectivity index (χ2v) is 7.05. The van der Waals surface area contributed by atoms with E-state index in [0.29, 0.717) is 26.1 Å². The number of nitrogens with zero attached hydrogens (tertiary/aromatic N) is 2. The Labute approximate surface area is 144 Å². The van der Waals surface area contributed by atoms with Crippen molar-refractivity contribution >= 4 is 5.91 Å². The van der Waals surface area contributed by atoms with E-state index in [4.69, 9.17) is 4.74 Å². The maximum absolute atomic E-state index is 12.6. The van der Waals surface area contributed by atoms with E-state index in [9.17, 15) is 9.90 Å². The molecule has 2 fully saturated rings. The average molecular weight is 332 g/mol. The van der Waals surface area contributed by atoms with E-state index in [2.05, 4.69) is 17.0 Å². The van der Waals surface area contributed by atoms with Gasteiger partial charge >= 0.3 is 0 Å². The van der Waals surface area contributed by atoms with Gasteiger partial charge in [-0.3, -0.25) is 9.69 Å². The van der Waals surface area contributed by atoms with Crippen LogP contribution in [-0.4, -0.2) is 65.8 Å². The van der Waals surface area contributed by atoms with Crippen LogP contribution in [0.2, 0.25) is 0 Å². The van der Waals surface area contributed by atoms with Crippen LogP contribution in [-0.2, 0) is 16.1 Å². The minimum Gasteiger partial charge on any atom is -0.388 e. The largest absolute Gasteiger partial charge is 0.388 e. The van der Waals surface area contributed by atoms with E-state index in [1.807, 2.05) is 23.1 Å². The molecule has 5 heteroatoms. The van der Waals surface area contributed by atoms with Crippen molar-refractivity contribution in [3.8, 4) is 0 Å². The summed E-state index contributed by atoms with van der Waals surface area (Å²) in [6, 6.07) is 10.3. The number of amides is 1. The lowest BCUT2D eigenvalue weighted by Gasteiger charge is -2.39. The van der Waals surface area contributed by atoms with Gasteiger partial charge in [-0.1, -0.05) is 30.3 Å². The number of benzene rings is 1. The molecule has 2 aliphatic heterocycles. The summed E-state index contributed by atoms with van der Waals surface area (Å²) >= 11 is 0. The molecule has 0 bridgehead atoms. The first-order valence-corrected chi connectivity index (χ1v) is 8.99. The predicted octanol–water partition coefficient (Wildman–Crippen LogP) is 1.65. The van der Waals surface area contributed by atoms with Crippen LogP contribution >= 0.6 is 0 Å². The Kier molecular flexibility index (Phi) is 5.87. The lowest BCUT2D eigenvalue weighted by atomic mass is 9.88. The van der Waals surface area contributed by atoms with Gasteiger partial charge in [-0.25, -0.2) is 0 Å². The van der Waals surface area contributed by atoms with Crippen molar-refractivity contribution < 1.29 is 14.6 Å². The summed E-state index contributed by atoms with van der Waals surface area (Å²) in [6.07, 6.45) is 2.73.